The molecule has 0 fully saturated rings. The van der Waals surface area contributed by atoms with E-state index >= 15 is 0 Å². The van der Waals surface area contributed by atoms with E-state index in [2.05, 4.69) is 17.9 Å². The highest BCUT2D eigenvalue weighted by atomic mass is 16.5. The first-order valence-electron chi connectivity index (χ1n) is 5.79. The summed E-state index contributed by atoms with van der Waals surface area (Å²) in [4.78, 5) is 2.24. The lowest BCUT2D eigenvalue weighted by Crippen LogP contribution is -2.27. The first-order valence-corrected chi connectivity index (χ1v) is 5.79. The Morgan fingerprint density at radius 1 is 1.47 bits per heavy atom. The summed E-state index contributed by atoms with van der Waals surface area (Å²) in [7, 11) is 1.71. The van der Waals surface area contributed by atoms with Crippen molar-refractivity contribution in [1.82, 2.24) is 0 Å². The predicted octanol–water partition coefficient (Wildman–Crippen LogP) is 1.75. The largest absolute Gasteiger partial charge is 0.384 e. The fraction of sp³-hybridized carbons (Fsp3) is 0.462. The summed E-state index contributed by atoms with van der Waals surface area (Å²) in [5, 5.41) is 7.45. The van der Waals surface area contributed by atoms with E-state index in [0.717, 1.165) is 29.9 Å². The summed E-state index contributed by atoms with van der Waals surface area (Å²) in [5.41, 5.74) is 8.48. The maximum atomic E-state index is 7.45. The summed E-state index contributed by atoms with van der Waals surface area (Å²) in [6.45, 7) is 6.60. The summed E-state index contributed by atoms with van der Waals surface area (Å²) in [6, 6.07) is 5.97. The third kappa shape index (κ3) is 3.46. The highest BCUT2D eigenvalue weighted by Gasteiger charge is 2.07. The standard InChI is InChI=1S/C13H21N3O/c1-4-16(7-8-17-3)11-5-6-12(13(14)15)10(2)9-11/h5-6,9H,4,7-8H2,1-3H3,(H3,14,15). The number of hydrogen-bond donors (Lipinski definition) is 2. The number of amidine groups is 1. The molecule has 4 nitrogen and oxygen atoms in total. The summed E-state index contributed by atoms with van der Waals surface area (Å²) in [5.74, 6) is 0.119. The van der Waals surface area contributed by atoms with E-state index in [4.69, 9.17) is 15.9 Å². The maximum absolute atomic E-state index is 7.45. The van der Waals surface area contributed by atoms with Crippen molar-refractivity contribution in [2.75, 3.05) is 31.7 Å². The average molecular weight is 235 g/mol. The second-order valence-corrected chi connectivity index (χ2v) is 3.99. The second kappa shape index (κ2) is 6.25. The van der Waals surface area contributed by atoms with Crippen molar-refractivity contribution >= 4 is 11.5 Å². The van der Waals surface area contributed by atoms with E-state index in [-0.39, 0.29) is 5.84 Å². The Morgan fingerprint density at radius 2 is 2.18 bits per heavy atom. The van der Waals surface area contributed by atoms with Crippen LogP contribution in [0.4, 0.5) is 5.69 Å². The Balaban J connectivity index is 2.90. The molecule has 4 heteroatoms. The van der Waals surface area contributed by atoms with E-state index in [1.54, 1.807) is 7.11 Å². The zero-order valence-electron chi connectivity index (χ0n) is 10.8. The van der Waals surface area contributed by atoms with Crippen molar-refractivity contribution in [3.63, 3.8) is 0 Å². The highest BCUT2D eigenvalue weighted by Crippen LogP contribution is 2.18. The van der Waals surface area contributed by atoms with Gasteiger partial charge in [-0.1, -0.05) is 0 Å². The van der Waals surface area contributed by atoms with E-state index < -0.39 is 0 Å². The van der Waals surface area contributed by atoms with Gasteiger partial charge >= 0.3 is 0 Å². The molecular formula is C13H21N3O. The molecule has 0 saturated heterocycles. The molecule has 0 aliphatic carbocycles. The van der Waals surface area contributed by atoms with Crippen LogP contribution in [0.25, 0.3) is 0 Å². The molecule has 1 aromatic rings. The van der Waals surface area contributed by atoms with Gasteiger partial charge in [-0.3, -0.25) is 5.41 Å². The van der Waals surface area contributed by atoms with Gasteiger partial charge in [-0.15, -0.1) is 0 Å². The van der Waals surface area contributed by atoms with Gasteiger partial charge in [0.2, 0.25) is 0 Å². The molecule has 0 heterocycles. The van der Waals surface area contributed by atoms with Crippen molar-refractivity contribution in [2.45, 2.75) is 13.8 Å². The first kappa shape index (κ1) is 13.5. The fourth-order valence-electron chi connectivity index (χ4n) is 1.82. The quantitative estimate of drug-likeness (QED) is 0.583. The number of anilines is 1. The lowest BCUT2D eigenvalue weighted by Gasteiger charge is -2.23. The van der Waals surface area contributed by atoms with Crippen molar-refractivity contribution in [3.05, 3.63) is 29.3 Å². The van der Waals surface area contributed by atoms with Crippen LogP contribution in [0.3, 0.4) is 0 Å². The van der Waals surface area contributed by atoms with Gasteiger partial charge in [-0.2, -0.15) is 0 Å². The number of nitrogen functional groups attached to an aromatic ring is 1. The minimum atomic E-state index is 0.119. The third-order valence-corrected chi connectivity index (χ3v) is 2.81. The average Bonchev–Trinajstić information content (AvgIpc) is 2.29. The lowest BCUT2D eigenvalue weighted by atomic mass is 10.1. The molecule has 0 amide bonds. The molecule has 94 valence electrons. The van der Waals surface area contributed by atoms with Crippen LogP contribution < -0.4 is 10.6 Å². The number of nitrogens with two attached hydrogens (primary N) is 1. The van der Waals surface area contributed by atoms with E-state index in [9.17, 15) is 0 Å². The Bertz CT molecular complexity index is 390. The monoisotopic (exact) mass is 235 g/mol. The van der Waals surface area contributed by atoms with Crippen LogP contribution in [0.15, 0.2) is 18.2 Å². The van der Waals surface area contributed by atoms with Crippen LogP contribution in [-0.4, -0.2) is 32.6 Å². The molecule has 0 unspecified atom stereocenters. The minimum absolute atomic E-state index is 0.119. The number of nitrogens with one attached hydrogen (secondary N) is 1. The third-order valence-electron chi connectivity index (χ3n) is 2.81. The van der Waals surface area contributed by atoms with Gasteiger partial charge in [0.1, 0.15) is 5.84 Å². The van der Waals surface area contributed by atoms with E-state index in [1.165, 1.54) is 0 Å². The lowest BCUT2D eigenvalue weighted by molar-refractivity contribution is 0.205. The number of aryl methyl sites for hydroxylation is 1. The molecule has 0 aromatic heterocycles. The van der Waals surface area contributed by atoms with Gasteiger partial charge in [0.05, 0.1) is 6.61 Å². The van der Waals surface area contributed by atoms with Crippen LogP contribution in [-0.2, 0) is 4.74 Å². The van der Waals surface area contributed by atoms with Crippen LogP contribution in [0.5, 0.6) is 0 Å². The molecule has 1 aromatic carbocycles. The van der Waals surface area contributed by atoms with Crippen LogP contribution >= 0.6 is 0 Å². The number of ether oxygens (including phenoxy) is 1. The SMILES string of the molecule is CCN(CCOC)c1ccc(C(=N)N)c(C)c1. The van der Waals surface area contributed by atoms with Gasteiger partial charge in [-0.05, 0) is 37.6 Å². The van der Waals surface area contributed by atoms with Crippen molar-refractivity contribution in [2.24, 2.45) is 5.73 Å². The van der Waals surface area contributed by atoms with Crippen LogP contribution in [0, 0.1) is 12.3 Å². The normalized spacial score (nSPS) is 10.3. The summed E-state index contributed by atoms with van der Waals surface area (Å²) < 4.78 is 5.09. The molecule has 0 radical (unpaired) electrons. The highest BCUT2D eigenvalue weighted by molar-refractivity contribution is 5.96. The van der Waals surface area contributed by atoms with Gasteiger partial charge in [0.15, 0.2) is 0 Å². The van der Waals surface area contributed by atoms with Gasteiger partial charge in [0.25, 0.3) is 0 Å². The molecule has 1 rings (SSSR count). The topological polar surface area (TPSA) is 62.3 Å². The van der Waals surface area contributed by atoms with Gasteiger partial charge in [0, 0.05) is 31.5 Å². The van der Waals surface area contributed by atoms with E-state index in [1.807, 2.05) is 19.1 Å². The smallest absolute Gasteiger partial charge is 0.123 e. The van der Waals surface area contributed by atoms with E-state index in [0.29, 0.717) is 6.61 Å². The fourth-order valence-corrected chi connectivity index (χ4v) is 1.82. The molecule has 17 heavy (non-hydrogen) atoms. The number of methoxy groups -OCH3 is 1. The Morgan fingerprint density at radius 3 is 2.65 bits per heavy atom. The molecule has 0 aliphatic heterocycles. The number of rotatable bonds is 6. The van der Waals surface area contributed by atoms with Crippen molar-refractivity contribution in [1.29, 1.82) is 5.41 Å². The molecule has 3 N–H and O–H groups in total. The second-order valence-electron chi connectivity index (χ2n) is 3.99. The summed E-state index contributed by atoms with van der Waals surface area (Å²) in [6.07, 6.45) is 0. The number of hydrogen-bond acceptors (Lipinski definition) is 3. The Labute approximate surface area is 103 Å². The zero-order valence-corrected chi connectivity index (χ0v) is 10.8. The van der Waals surface area contributed by atoms with Gasteiger partial charge < -0.3 is 15.4 Å². The molecule has 0 aliphatic rings. The Kier molecular flexibility index (Phi) is 4.97. The maximum Gasteiger partial charge on any atom is 0.123 e. The summed E-state index contributed by atoms with van der Waals surface area (Å²) >= 11 is 0. The first-order chi connectivity index (χ1) is 8.10. The number of likely N-dealkylation sites (N-methyl/N-ethyl adjacent to an activating group) is 1. The van der Waals surface area contributed by atoms with Crippen LogP contribution in [0.2, 0.25) is 0 Å². The van der Waals surface area contributed by atoms with Gasteiger partial charge in [-0.25, -0.2) is 0 Å². The van der Waals surface area contributed by atoms with Crippen molar-refractivity contribution in [3.8, 4) is 0 Å². The molecule has 0 atom stereocenters. The molecule has 0 saturated carbocycles. The van der Waals surface area contributed by atoms with Crippen LogP contribution in [0.1, 0.15) is 18.1 Å². The predicted molar refractivity (Wildman–Crippen MR) is 72.0 cm³/mol. The molecule has 0 bridgehead atoms. The minimum Gasteiger partial charge on any atom is -0.384 e. The van der Waals surface area contributed by atoms with Crippen molar-refractivity contribution < 1.29 is 4.74 Å². The number of nitrogens with zero attached hydrogens (tertiary/aromatic N) is 1. The zero-order chi connectivity index (χ0) is 12.8. The molecular weight excluding hydrogens is 214 g/mol. The number of benzene rings is 1. The molecule has 0 spiro atoms. The Hall–Kier alpha value is -1.55.